The van der Waals surface area contributed by atoms with Crippen LogP contribution in [0.15, 0.2) is 0 Å². The zero-order valence-electron chi connectivity index (χ0n) is 11.5. The number of amides is 1. The monoisotopic (exact) mass is 278 g/mol. The second kappa shape index (κ2) is 8.74. The molecule has 0 aliphatic rings. The third-order valence-electron chi connectivity index (χ3n) is 2.79. The highest BCUT2D eigenvalue weighted by molar-refractivity contribution is 7.99. The summed E-state index contributed by atoms with van der Waals surface area (Å²) < 4.78 is 0. The number of primary amides is 1. The molecule has 18 heavy (non-hydrogen) atoms. The van der Waals surface area contributed by atoms with Crippen molar-refractivity contribution in [3.63, 3.8) is 0 Å². The molecule has 5 nitrogen and oxygen atoms in total. The molecule has 0 heterocycles. The molecule has 3 unspecified atom stereocenters. The molecule has 108 valence electrons. The molecule has 0 spiro atoms. The molecule has 0 saturated heterocycles. The molecule has 0 rings (SSSR count). The minimum Gasteiger partial charge on any atom is -0.394 e. The van der Waals surface area contributed by atoms with Gasteiger partial charge in [-0.3, -0.25) is 4.79 Å². The lowest BCUT2D eigenvalue weighted by atomic mass is 9.95. The summed E-state index contributed by atoms with van der Waals surface area (Å²) in [4.78, 5) is 11.5. The number of nitrogens with two attached hydrogens (primary N) is 1. The Morgan fingerprint density at radius 1 is 1.56 bits per heavy atom. The number of aliphatic hydroxyl groups excluding tert-OH is 2. The van der Waals surface area contributed by atoms with Gasteiger partial charge in [-0.1, -0.05) is 13.8 Å². The Labute approximate surface area is 114 Å². The van der Waals surface area contributed by atoms with Crippen molar-refractivity contribution in [1.82, 2.24) is 5.32 Å². The Kier molecular flexibility index (Phi) is 8.60. The van der Waals surface area contributed by atoms with Crippen molar-refractivity contribution in [2.75, 3.05) is 18.9 Å². The van der Waals surface area contributed by atoms with Gasteiger partial charge in [0.25, 0.3) is 0 Å². The van der Waals surface area contributed by atoms with Crippen molar-refractivity contribution in [3.8, 4) is 0 Å². The van der Waals surface area contributed by atoms with Gasteiger partial charge in [0.15, 0.2) is 0 Å². The fourth-order valence-electron chi connectivity index (χ4n) is 1.62. The summed E-state index contributed by atoms with van der Waals surface area (Å²) in [6, 6.07) is 0. The Morgan fingerprint density at radius 3 is 2.61 bits per heavy atom. The van der Waals surface area contributed by atoms with Gasteiger partial charge in [-0.2, -0.15) is 11.8 Å². The highest BCUT2D eigenvalue weighted by Crippen LogP contribution is 2.22. The first kappa shape index (κ1) is 17.7. The Bertz CT molecular complexity index is 253. The van der Waals surface area contributed by atoms with Gasteiger partial charge in [-0.15, -0.1) is 0 Å². The summed E-state index contributed by atoms with van der Waals surface area (Å²) in [5.74, 6) is 0.103. The number of aliphatic hydroxyl groups is 2. The van der Waals surface area contributed by atoms with Crippen LogP contribution in [0, 0.1) is 0 Å². The number of rotatable bonds is 10. The van der Waals surface area contributed by atoms with E-state index in [1.54, 1.807) is 0 Å². The maximum absolute atomic E-state index is 11.5. The van der Waals surface area contributed by atoms with Gasteiger partial charge in [-0.05, 0) is 26.3 Å². The van der Waals surface area contributed by atoms with Crippen LogP contribution in [0.4, 0.5) is 0 Å². The van der Waals surface area contributed by atoms with Crippen LogP contribution in [0.25, 0.3) is 0 Å². The van der Waals surface area contributed by atoms with Crippen molar-refractivity contribution in [2.24, 2.45) is 5.73 Å². The molecular weight excluding hydrogens is 252 g/mol. The lowest BCUT2D eigenvalue weighted by molar-refractivity contribution is -0.124. The molecule has 0 radical (unpaired) electrons. The Morgan fingerprint density at radius 2 is 2.17 bits per heavy atom. The Hall–Kier alpha value is -0.300. The van der Waals surface area contributed by atoms with E-state index < -0.39 is 11.6 Å². The lowest BCUT2D eigenvalue weighted by Crippen LogP contribution is -2.54. The van der Waals surface area contributed by atoms with Crippen molar-refractivity contribution in [3.05, 3.63) is 0 Å². The molecule has 6 heteroatoms. The van der Waals surface area contributed by atoms with E-state index in [0.29, 0.717) is 12.2 Å². The average molecular weight is 278 g/mol. The number of thioether (sulfide) groups is 1. The maximum Gasteiger partial charge on any atom is 0.237 e. The SMILES string of the molecule is CCCNC(C)(CC(C)SCC(O)CO)C(N)=O. The number of carbonyl (C=O) groups is 1. The molecule has 0 saturated carbocycles. The van der Waals surface area contributed by atoms with E-state index in [1.807, 2.05) is 20.8 Å². The first-order valence-electron chi connectivity index (χ1n) is 6.31. The Balaban J connectivity index is 4.27. The zero-order valence-corrected chi connectivity index (χ0v) is 12.3. The van der Waals surface area contributed by atoms with Gasteiger partial charge < -0.3 is 21.3 Å². The summed E-state index contributed by atoms with van der Waals surface area (Å²) in [7, 11) is 0. The predicted octanol–water partition coefficient (Wildman–Crippen LogP) is 0.0950. The molecule has 0 aliphatic carbocycles. The molecule has 5 N–H and O–H groups in total. The minimum absolute atomic E-state index is 0.174. The summed E-state index contributed by atoms with van der Waals surface area (Å²) in [6.07, 6.45) is 0.833. The standard InChI is InChI=1S/C12H26N2O3S/c1-4-5-14-12(3,11(13)17)6-9(2)18-8-10(16)7-15/h9-10,14-16H,4-8H2,1-3H3,(H2,13,17). The molecule has 1 amide bonds. The van der Waals surface area contributed by atoms with Crippen molar-refractivity contribution in [2.45, 2.75) is 50.5 Å². The third-order valence-corrected chi connectivity index (χ3v) is 4.10. The second-order valence-corrected chi connectivity index (χ2v) is 6.28. The van der Waals surface area contributed by atoms with Gasteiger partial charge in [0, 0.05) is 11.0 Å². The van der Waals surface area contributed by atoms with Crippen LogP contribution in [0.5, 0.6) is 0 Å². The van der Waals surface area contributed by atoms with E-state index in [2.05, 4.69) is 5.32 Å². The van der Waals surface area contributed by atoms with Gasteiger partial charge in [0.1, 0.15) is 0 Å². The van der Waals surface area contributed by atoms with E-state index in [9.17, 15) is 9.90 Å². The van der Waals surface area contributed by atoms with Crippen molar-refractivity contribution >= 4 is 17.7 Å². The van der Waals surface area contributed by atoms with Gasteiger partial charge >= 0.3 is 0 Å². The summed E-state index contributed by atoms with van der Waals surface area (Å²) in [5.41, 5.74) is 4.73. The average Bonchev–Trinajstić information content (AvgIpc) is 2.33. The zero-order chi connectivity index (χ0) is 14.2. The smallest absolute Gasteiger partial charge is 0.237 e. The minimum atomic E-state index is -0.716. The van der Waals surface area contributed by atoms with E-state index in [0.717, 1.165) is 13.0 Å². The van der Waals surface area contributed by atoms with Crippen LogP contribution >= 0.6 is 11.8 Å². The summed E-state index contributed by atoms with van der Waals surface area (Å²) in [6.45, 7) is 6.34. The highest BCUT2D eigenvalue weighted by Gasteiger charge is 2.32. The lowest BCUT2D eigenvalue weighted by Gasteiger charge is -2.30. The van der Waals surface area contributed by atoms with Crippen LogP contribution in [0.1, 0.15) is 33.6 Å². The normalized spacial score (nSPS) is 18.1. The molecule has 0 aliphatic heterocycles. The van der Waals surface area contributed by atoms with Crippen molar-refractivity contribution < 1.29 is 15.0 Å². The third kappa shape index (κ3) is 6.58. The first-order valence-corrected chi connectivity index (χ1v) is 7.36. The largest absolute Gasteiger partial charge is 0.394 e. The van der Waals surface area contributed by atoms with E-state index in [4.69, 9.17) is 10.8 Å². The van der Waals surface area contributed by atoms with Crippen LogP contribution in [-0.4, -0.2) is 51.9 Å². The number of hydrogen-bond donors (Lipinski definition) is 4. The number of nitrogens with one attached hydrogen (secondary N) is 1. The predicted molar refractivity (Wildman–Crippen MR) is 75.5 cm³/mol. The number of carbonyl (C=O) groups excluding carboxylic acids is 1. The molecule has 0 aromatic heterocycles. The maximum atomic E-state index is 11.5. The summed E-state index contributed by atoms with van der Waals surface area (Å²) >= 11 is 1.53. The number of hydrogen-bond acceptors (Lipinski definition) is 5. The van der Waals surface area contributed by atoms with E-state index in [-0.39, 0.29) is 17.8 Å². The van der Waals surface area contributed by atoms with Gasteiger partial charge in [-0.25, -0.2) is 0 Å². The summed E-state index contributed by atoms with van der Waals surface area (Å²) in [5, 5.41) is 21.4. The second-order valence-electron chi connectivity index (χ2n) is 4.81. The van der Waals surface area contributed by atoms with Gasteiger partial charge in [0.05, 0.1) is 18.2 Å². The molecule has 3 atom stereocenters. The van der Waals surface area contributed by atoms with E-state index >= 15 is 0 Å². The molecular formula is C12H26N2O3S. The van der Waals surface area contributed by atoms with Crippen LogP contribution in [0.2, 0.25) is 0 Å². The molecule has 0 aromatic carbocycles. The quantitative estimate of drug-likeness (QED) is 0.454. The van der Waals surface area contributed by atoms with Crippen LogP contribution < -0.4 is 11.1 Å². The molecule has 0 aromatic rings. The fourth-order valence-corrected chi connectivity index (χ4v) is 2.73. The fraction of sp³-hybridized carbons (Fsp3) is 0.917. The first-order chi connectivity index (χ1) is 8.35. The van der Waals surface area contributed by atoms with Crippen LogP contribution in [-0.2, 0) is 4.79 Å². The van der Waals surface area contributed by atoms with Gasteiger partial charge in [0.2, 0.25) is 5.91 Å². The van der Waals surface area contributed by atoms with Crippen LogP contribution in [0.3, 0.4) is 0 Å². The molecule has 0 fully saturated rings. The highest BCUT2D eigenvalue weighted by atomic mass is 32.2. The topological polar surface area (TPSA) is 95.6 Å². The van der Waals surface area contributed by atoms with E-state index in [1.165, 1.54) is 11.8 Å². The van der Waals surface area contributed by atoms with Crippen molar-refractivity contribution in [1.29, 1.82) is 0 Å². The molecule has 0 bridgehead atoms.